The summed E-state index contributed by atoms with van der Waals surface area (Å²) < 4.78 is 0. The van der Waals surface area contributed by atoms with Gasteiger partial charge in [-0.05, 0) is 54.0 Å². The van der Waals surface area contributed by atoms with Crippen molar-refractivity contribution in [2.24, 2.45) is 5.73 Å². The second kappa shape index (κ2) is 3.72. The van der Waals surface area contributed by atoms with Crippen molar-refractivity contribution in [2.45, 2.75) is 63.6 Å². The van der Waals surface area contributed by atoms with Gasteiger partial charge in [-0.2, -0.15) is 0 Å². The summed E-state index contributed by atoms with van der Waals surface area (Å²) in [6.07, 6.45) is 2.75. The number of nitrogens with two attached hydrogens (primary N) is 1. The second-order valence-electron chi connectivity index (χ2n) is 6.06. The Morgan fingerprint density at radius 3 is 2.20 bits per heavy atom. The topological polar surface area (TPSA) is 49.5 Å². The molecular formula is C12H26N2O. The first-order valence-electron chi connectivity index (χ1n) is 5.81. The molecule has 3 heteroatoms. The minimum Gasteiger partial charge on any atom is -0.396 e. The van der Waals surface area contributed by atoms with Gasteiger partial charge in [-0.15, -0.1) is 0 Å². The lowest BCUT2D eigenvalue weighted by Crippen LogP contribution is -2.72. The molecule has 1 rings (SSSR count). The molecule has 0 radical (unpaired) electrons. The molecule has 1 fully saturated rings. The Kier molecular flexibility index (Phi) is 3.21. The van der Waals surface area contributed by atoms with Gasteiger partial charge in [-0.3, -0.25) is 4.90 Å². The highest BCUT2D eigenvalue weighted by molar-refractivity contribution is 5.11. The summed E-state index contributed by atoms with van der Waals surface area (Å²) in [7, 11) is 2.14. The van der Waals surface area contributed by atoms with Gasteiger partial charge in [0.15, 0.2) is 0 Å². The predicted molar refractivity (Wildman–Crippen MR) is 63.8 cm³/mol. The first-order valence-corrected chi connectivity index (χ1v) is 5.81. The van der Waals surface area contributed by atoms with Gasteiger partial charge >= 0.3 is 0 Å². The molecule has 1 unspecified atom stereocenters. The van der Waals surface area contributed by atoms with Gasteiger partial charge in [0.05, 0.1) is 0 Å². The van der Waals surface area contributed by atoms with Crippen LogP contribution in [0.3, 0.4) is 0 Å². The van der Waals surface area contributed by atoms with Gasteiger partial charge in [0.25, 0.3) is 0 Å². The monoisotopic (exact) mass is 214 g/mol. The fourth-order valence-electron chi connectivity index (χ4n) is 2.72. The minimum absolute atomic E-state index is 0.0719. The van der Waals surface area contributed by atoms with Crippen molar-refractivity contribution >= 4 is 0 Å². The van der Waals surface area contributed by atoms with E-state index in [0.29, 0.717) is 6.42 Å². The van der Waals surface area contributed by atoms with E-state index >= 15 is 0 Å². The van der Waals surface area contributed by atoms with Gasteiger partial charge in [-0.1, -0.05) is 0 Å². The first-order chi connectivity index (χ1) is 6.67. The van der Waals surface area contributed by atoms with E-state index in [-0.39, 0.29) is 23.2 Å². The lowest BCUT2D eigenvalue weighted by molar-refractivity contribution is -0.0659. The number of aliphatic hydroxyl groups excluding tert-OH is 1. The molecule has 1 aliphatic heterocycles. The number of hydrogen-bond acceptors (Lipinski definition) is 3. The Morgan fingerprint density at radius 1 is 1.20 bits per heavy atom. The van der Waals surface area contributed by atoms with Gasteiger partial charge < -0.3 is 10.8 Å². The highest BCUT2D eigenvalue weighted by Gasteiger charge is 2.51. The van der Waals surface area contributed by atoms with Crippen molar-refractivity contribution < 1.29 is 5.11 Å². The molecule has 0 spiro atoms. The molecule has 3 N–H and O–H groups in total. The van der Waals surface area contributed by atoms with Crippen LogP contribution < -0.4 is 5.73 Å². The molecule has 0 saturated carbocycles. The standard InChI is InChI=1S/C12H26N2O/c1-10(2)6-7-12(13,8-9-15)11(3,4)14(10)5/h15H,6-9,13H2,1-5H3. The number of nitrogens with zero attached hydrogens (tertiary/aromatic N) is 1. The van der Waals surface area contributed by atoms with E-state index in [4.69, 9.17) is 10.8 Å². The van der Waals surface area contributed by atoms with Crippen LogP contribution in [0.2, 0.25) is 0 Å². The van der Waals surface area contributed by atoms with Crippen LogP contribution in [0.5, 0.6) is 0 Å². The molecule has 0 aromatic rings. The number of piperidine rings is 1. The number of likely N-dealkylation sites (N-methyl/N-ethyl adjacent to an activating group) is 1. The molecule has 0 aromatic carbocycles. The van der Waals surface area contributed by atoms with E-state index in [9.17, 15) is 0 Å². The van der Waals surface area contributed by atoms with Crippen LogP contribution in [-0.4, -0.2) is 40.3 Å². The van der Waals surface area contributed by atoms with Crippen molar-refractivity contribution in [1.29, 1.82) is 0 Å². The SMILES string of the molecule is CN1C(C)(C)CCC(N)(CCO)C1(C)C. The Bertz CT molecular complexity index is 238. The lowest BCUT2D eigenvalue weighted by Gasteiger charge is -2.60. The van der Waals surface area contributed by atoms with Crippen molar-refractivity contribution in [1.82, 2.24) is 4.90 Å². The van der Waals surface area contributed by atoms with E-state index in [1.54, 1.807) is 0 Å². The quantitative estimate of drug-likeness (QED) is 0.729. The minimum atomic E-state index is -0.272. The van der Waals surface area contributed by atoms with Crippen molar-refractivity contribution in [3.05, 3.63) is 0 Å². The van der Waals surface area contributed by atoms with Crippen LogP contribution in [0.15, 0.2) is 0 Å². The molecule has 0 aromatic heterocycles. The zero-order chi connectivity index (χ0) is 11.9. The Morgan fingerprint density at radius 2 is 1.73 bits per heavy atom. The molecule has 0 bridgehead atoms. The molecule has 0 aliphatic carbocycles. The normalized spacial score (nSPS) is 35.4. The third kappa shape index (κ3) is 1.93. The van der Waals surface area contributed by atoms with Crippen LogP contribution in [0.25, 0.3) is 0 Å². The van der Waals surface area contributed by atoms with Crippen LogP contribution >= 0.6 is 0 Å². The van der Waals surface area contributed by atoms with E-state index in [2.05, 4.69) is 39.6 Å². The number of likely N-dealkylation sites (tertiary alicyclic amines) is 1. The molecule has 1 saturated heterocycles. The van der Waals surface area contributed by atoms with Gasteiger partial charge in [0.1, 0.15) is 0 Å². The fourth-order valence-corrected chi connectivity index (χ4v) is 2.72. The van der Waals surface area contributed by atoms with Crippen molar-refractivity contribution in [2.75, 3.05) is 13.7 Å². The van der Waals surface area contributed by atoms with Gasteiger partial charge in [0.2, 0.25) is 0 Å². The third-order valence-corrected chi connectivity index (χ3v) is 4.71. The zero-order valence-electron chi connectivity index (χ0n) is 10.8. The number of aliphatic hydroxyl groups is 1. The summed E-state index contributed by atoms with van der Waals surface area (Å²) in [6.45, 7) is 9.06. The number of rotatable bonds is 2. The zero-order valence-corrected chi connectivity index (χ0v) is 10.8. The van der Waals surface area contributed by atoms with E-state index in [1.165, 1.54) is 0 Å². The maximum Gasteiger partial charge on any atom is 0.0449 e. The van der Waals surface area contributed by atoms with E-state index in [0.717, 1.165) is 12.8 Å². The molecule has 0 amide bonds. The summed E-state index contributed by atoms with van der Waals surface area (Å²) in [5.41, 5.74) is 6.31. The van der Waals surface area contributed by atoms with Crippen molar-refractivity contribution in [3.8, 4) is 0 Å². The summed E-state index contributed by atoms with van der Waals surface area (Å²) in [5.74, 6) is 0. The second-order valence-corrected chi connectivity index (χ2v) is 6.06. The van der Waals surface area contributed by atoms with Crippen LogP contribution in [0.4, 0.5) is 0 Å². The maximum absolute atomic E-state index is 9.13. The lowest BCUT2D eigenvalue weighted by atomic mass is 9.66. The van der Waals surface area contributed by atoms with E-state index < -0.39 is 0 Å². The maximum atomic E-state index is 9.13. The number of hydrogen-bond donors (Lipinski definition) is 2. The summed E-state index contributed by atoms with van der Waals surface area (Å²) in [6, 6.07) is 0. The molecular weight excluding hydrogens is 188 g/mol. The molecule has 15 heavy (non-hydrogen) atoms. The highest BCUT2D eigenvalue weighted by Crippen LogP contribution is 2.43. The van der Waals surface area contributed by atoms with Crippen molar-refractivity contribution in [3.63, 3.8) is 0 Å². The third-order valence-electron chi connectivity index (χ3n) is 4.71. The fraction of sp³-hybridized carbons (Fsp3) is 1.00. The predicted octanol–water partition coefficient (Wildman–Crippen LogP) is 1.35. The molecule has 90 valence electrons. The first kappa shape index (κ1) is 12.9. The highest BCUT2D eigenvalue weighted by atomic mass is 16.3. The van der Waals surface area contributed by atoms with Crippen LogP contribution in [-0.2, 0) is 0 Å². The van der Waals surface area contributed by atoms with E-state index in [1.807, 2.05) is 0 Å². The van der Waals surface area contributed by atoms with Crippen LogP contribution in [0.1, 0.15) is 47.0 Å². The molecule has 1 atom stereocenters. The van der Waals surface area contributed by atoms with Gasteiger partial charge in [0, 0.05) is 23.2 Å². The largest absolute Gasteiger partial charge is 0.396 e. The average molecular weight is 214 g/mol. The Hall–Kier alpha value is -0.120. The Labute approximate surface area is 93.6 Å². The molecule has 1 aliphatic rings. The van der Waals surface area contributed by atoms with Crippen LogP contribution in [0, 0.1) is 0 Å². The average Bonchev–Trinajstić information content (AvgIpc) is 2.12. The summed E-state index contributed by atoms with van der Waals surface area (Å²) >= 11 is 0. The van der Waals surface area contributed by atoms with Gasteiger partial charge in [-0.25, -0.2) is 0 Å². The molecule has 3 nitrogen and oxygen atoms in total. The summed E-state index contributed by atoms with van der Waals surface area (Å²) in [4.78, 5) is 2.36. The Balaban J connectivity index is 2.98. The smallest absolute Gasteiger partial charge is 0.0449 e. The summed E-state index contributed by atoms with van der Waals surface area (Å²) in [5, 5.41) is 9.13. The molecule has 1 heterocycles.